The summed E-state index contributed by atoms with van der Waals surface area (Å²) in [4.78, 5) is 37.9. The van der Waals surface area contributed by atoms with Gasteiger partial charge in [0, 0.05) is 19.3 Å². The number of rotatable bonds is 44. The first-order valence-electron chi connectivity index (χ1n) is 25.5. The van der Waals surface area contributed by atoms with Crippen molar-refractivity contribution in [1.82, 2.24) is 0 Å². The van der Waals surface area contributed by atoms with Gasteiger partial charge in [-0.1, -0.05) is 200 Å². The van der Waals surface area contributed by atoms with Crippen LogP contribution in [-0.4, -0.2) is 37.2 Å². The summed E-state index contributed by atoms with van der Waals surface area (Å²) in [6.07, 6.45) is 70.5. The molecule has 0 saturated carbocycles. The van der Waals surface area contributed by atoms with E-state index in [0.717, 1.165) is 135 Å². The van der Waals surface area contributed by atoms with Crippen LogP contribution in [0.3, 0.4) is 0 Å². The lowest BCUT2D eigenvalue weighted by Gasteiger charge is -2.18. The summed E-state index contributed by atoms with van der Waals surface area (Å²) in [6, 6.07) is 0. The van der Waals surface area contributed by atoms with Crippen molar-refractivity contribution in [2.45, 2.75) is 213 Å². The van der Waals surface area contributed by atoms with Gasteiger partial charge >= 0.3 is 17.9 Å². The smallest absolute Gasteiger partial charge is 0.306 e. The molecule has 0 radical (unpaired) electrons. The van der Waals surface area contributed by atoms with Crippen LogP contribution in [0.1, 0.15) is 207 Å². The molecule has 6 nitrogen and oxygen atoms in total. The van der Waals surface area contributed by atoms with E-state index in [1.165, 1.54) is 25.7 Å². The summed E-state index contributed by atoms with van der Waals surface area (Å²) in [6.45, 7) is 6.31. The first kappa shape index (κ1) is 59.8. The van der Waals surface area contributed by atoms with Gasteiger partial charge in [-0.2, -0.15) is 0 Å². The Balaban J connectivity index is 4.56. The number of hydrogen-bond acceptors (Lipinski definition) is 6. The highest BCUT2D eigenvalue weighted by Crippen LogP contribution is 2.12. The normalized spacial score (nSPS) is 13.1. The van der Waals surface area contributed by atoms with E-state index >= 15 is 0 Å². The first-order chi connectivity index (χ1) is 31.5. The molecule has 0 spiro atoms. The molecule has 0 fully saturated rings. The maximum atomic E-state index is 12.8. The lowest BCUT2D eigenvalue weighted by atomic mass is 10.1. The third-order valence-electron chi connectivity index (χ3n) is 10.2. The third kappa shape index (κ3) is 48.8. The van der Waals surface area contributed by atoms with Gasteiger partial charge in [-0.25, -0.2) is 0 Å². The van der Waals surface area contributed by atoms with Crippen LogP contribution in [-0.2, 0) is 28.6 Å². The van der Waals surface area contributed by atoms with Gasteiger partial charge in [-0.05, 0) is 109 Å². The summed E-state index contributed by atoms with van der Waals surface area (Å²) in [5.41, 5.74) is 0. The maximum Gasteiger partial charge on any atom is 0.306 e. The first-order valence-corrected chi connectivity index (χ1v) is 25.5. The zero-order chi connectivity index (χ0) is 46.5. The Morgan fingerprint density at radius 1 is 0.328 bits per heavy atom. The molecule has 0 aliphatic heterocycles. The average molecular weight is 885 g/mol. The van der Waals surface area contributed by atoms with E-state index in [9.17, 15) is 14.4 Å². The molecule has 0 heterocycles. The van der Waals surface area contributed by atoms with Crippen molar-refractivity contribution in [2.24, 2.45) is 0 Å². The van der Waals surface area contributed by atoms with Crippen molar-refractivity contribution in [3.8, 4) is 0 Å². The minimum absolute atomic E-state index is 0.118. The predicted molar refractivity (Wildman–Crippen MR) is 274 cm³/mol. The molecule has 0 aromatic rings. The molecule has 0 saturated heterocycles. The van der Waals surface area contributed by atoms with Crippen LogP contribution in [0.4, 0.5) is 0 Å². The second-order valence-corrected chi connectivity index (χ2v) is 16.3. The zero-order valence-electron chi connectivity index (χ0n) is 41.0. The third-order valence-corrected chi connectivity index (χ3v) is 10.2. The lowest BCUT2D eigenvalue weighted by Crippen LogP contribution is -2.30. The van der Waals surface area contributed by atoms with E-state index in [1.807, 2.05) is 12.2 Å². The molecule has 0 aromatic heterocycles. The molecule has 0 aliphatic rings. The van der Waals surface area contributed by atoms with Crippen LogP contribution in [0, 0.1) is 0 Å². The number of unbranched alkanes of at least 4 members (excludes halogenated alkanes) is 13. The summed E-state index contributed by atoms with van der Waals surface area (Å²) in [5, 5.41) is 0. The minimum atomic E-state index is -0.824. The van der Waals surface area contributed by atoms with Gasteiger partial charge < -0.3 is 14.2 Å². The molecule has 0 aliphatic carbocycles. The van der Waals surface area contributed by atoms with Gasteiger partial charge in [0.15, 0.2) is 6.10 Å². The summed E-state index contributed by atoms with van der Waals surface area (Å²) < 4.78 is 16.7. The van der Waals surface area contributed by atoms with Gasteiger partial charge in [-0.3, -0.25) is 14.4 Å². The quantitative estimate of drug-likeness (QED) is 0.0262. The molecule has 0 aromatic carbocycles. The fourth-order valence-electron chi connectivity index (χ4n) is 6.34. The SMILES string of the molecule is CC/C=C\C/C=C\C/C=C\C/C=C\C/C=C\C/C=C\CCC(=O)OCC(COC(=O)CCCCCCC/C=C\C/C=C\CCC)OC(=O)CCCCCCC/C=C\C/C=C\CCCC. The molecular weight excluding hydrogens is 793 g/mol. The predicted octanol–water partition coefficient (Wildman–Crippen LogP) is 16.9. The van der Waals surface area contributed by atoms with Crippen LogP contribution in [0.2, 0.25) is 0 Å². The van der Waals surface area contributed by atoms with Gasteiger partial charge in [0.25, 0.3) is 0 Å². The number of allylic oxidation sites excluding steroid dienone is 20. The Labute approximate surface area is 392 Å². The molecular formula is C58H92O6. The van der Waals surface area contributed by atoms with Gasteiger partial charge in [0.05, 0.1) is 0 Å². The average Bonchev–Trinajstić information content (AvgIpc) is 3.29. The molecule has 0 N–H and O–H groups in total. The largest absolute Gasteiger partial charge is 0.462 e. The lowest BCUT2D eigenvalue weighted by molar-refractivity contribution is -0.166. The molecule has 360 valence electrons. The monoisotopic (exact) mass is 885 g/mol. The number of ether oxygens (including phenoxy) is 3. The fraction of sp³-hybridized carbons (Fsp3) is 0.603. The van der Waals surface area contributed by atoms with Gasteiger partial charge in [-0.15, -0.1) is 0 Å². The molecule has 0 bridgehead atoms. The van der Waals surface area contributed by atoms with E-state index in [2.05, 4.69) is 130 Å². The molecule has 0 rings (SSSR count). The minimum Gasteiger partial charge on any atom is -0.462 e. The fourth-order valence-corrected chi connectivity index (χ4v) is 6.34. The van der Waals surface area contributed by atoms with Crippen LogP contribution in [0.5, 0.6) is 0 Å². The van der Waals surface area contributed by atoms with Crippen molar-refractivity contribution in [2.75, 3.05) is 13.2 Å². The van der Waals surface area contributed by atoms with E-state index in [1.54, 1.807) is 0 Å². The van der Waals surface area contributed by atoms with E-state index in [4.69, 9.17) is 14.2 Å². The topological polar surface area (TPSA) is 78.9 Å². The highest BCUT2D eigenvalue weighted by atomic mass is 16.6. The standard InChI is InChI=1S/C58H92O6/c1-4-7-10-13-16-19-22-25-27-28-29-30-31-34-36-39-42-45-48-51-57(60)63-54-55(53-62-56(59)50-47-44-41-38-35-32-24-21-18-15-12-9-6-3)64-58(61)52-49-46-43-40-37-33-26-23-20-17-14-11-8-5-2/h7,10,12,14-17,19,21,23-27,29-30,34,36,42,45,55H,4-6,8-9,11,13,18,20,22,28,31-33,35,37-41,43-44,46-54H2,1-3H3/b10-7-,15-12-,17-14-,19-16-,24-21-,26-23-,27-25-,30-29-,36-34-,45-42-. The van der Waals surface area contributed by atoms with E-state index in [0.29, 0.717) is 12.8 Å². The Morgan fingerprint density at radius 2 is 0.672 bits per heavy atom. The Hall–Kier alpha value is -4.19. The molecule has 64 heavy (non-hydrogen) atoms. The molecule has 1 unspecified atom stereocenters. The molecule has 6 heteroatoms. The zero-order valence-corrected chi connectivity index (χ0v) is 41.0. The van der Waals surface area contributed by atoms with Crippen LogP contribution < -0.4 is 0 Å². The number of carbonyl (C=O) groups excluding carboxylic acids is 3. The highest BCUT2D eigenvalue weighted by molar-refractivity contribution is 5.71. The van der Waals surface area contributed by atoms with Crippen molar-refractivity contribution in [3.05, 3.63) is 122 Å². The van der Waals surface area contributed by atoms with Gasteiger partial charge in [0.1, 0.15) is 13.2 Å². The Bertz CT molecular complexity index is 1390. The van der Waals surface area contributed by atoms with Crippen molar-refractivity contribution in [1.29, 1.82) is 0 Å². The summed E-state index contributed by atoms with van der Waals surface area (Å²) in [5.74, 6) is -1.04. The van der Waals surface area contributed by atoms with Crippen molar-refractivity contribution in [3.63, 3.8) is 0 Å². The van der Waals surface area contributed by atoms with Crippen LogP contribution >= 0.6 is 0 Å². The van der Waals surface area contributed by atoms with Crippen molar-refractivity contribution < 1.29 is 28.6 Å². The maximum absolute atomic E-state index is 12.8. The van der Waals surface area contributed by atoms with Crippen molar-refractivity contribution >= 4 is 17.9 Å². The highest BCUT2D eigenvalue weighted by Gasteiger charge is 2.19. The van der Waals surface area contributed by atoms with Crippen LogP contribution in [0.15, 0.2) is 122 Å². The molecule has 1 atom stereocenters. The summed E-state index contributed by atoms with van der Waals surface area (Å²) >= 11 is 0. The van der Waals surface area contributed by atoms with E-state index < -0.39 is 6.10 Å². The molecule has 0 amide bonds. The number of carbonyl (C=O) groups is 3. The second kappa shape index (κ2) is 51.4. The Kier molecular flexibility index (Phi) is 48.1. The summed E-state index contributed by atoms with van der Waals surface area (Å²) in [7, 11) is 0. The Morgan fingerprint density at radius 3 is 1.11 bits per heavy atom. The number of hydrogen-bond donors (Lipinski definition) is 0. The van der Waals surface area contributed by atoms with Crippen LogP contribution in [0.25, 0.3) is 0 Å². The van der Waals surface area contributed by atoms with Gasteiger partial charge in [0.2, 0.25) is 0 Å². The van der Waals surface area contributed by atoms with E-state index in [-0.39, 0.29) is 44.0 Å². The second-order valence-electron chi connectivity index (χ2n) is 16.3. The number of esters is 3.